The molecule has 2 saturated heterocycles. The molecule has 0 aromatic rings. The lowest BCUT2D eigenvalue weighted by Crippen LogP contribution is -2.51. The zero-order chi connectivity index (χ0) is 19.5. The molecule has 7 nitrogen and oxygen atoms in total. The first-order valence-electron chi connectivity index (χ1n) is 9.50. The Labute approximate surface area is 157 Å². The number of rotatable bonds is 4. The molecule has 0 saturated carbocycles. The Kier molecular flexibility index (Phi) is 6.71. The highest BCUT2D eigenvalue weighted by atomic mass is 32.2. The van der Waals surface area contributed by atoms with Crippen LogP contribution < -0.4 is 4.72 Å². The SMILES string of the molecule is CC(C)(C)C(=O)N1CCCC(C(=O)N2CCCC(CNS(C)(=O)=O)C2)C1. The molecule has 2 unspecified atom stereocenters. The van der Waals surface area contributed by atoms with E-state index in [4.69, 9.17) is 0 Å². The van der Waals surface area contributed by atoms with Gasteiger partial charge in [0.05, 0.1) is 12.2 Å². The van der Waals surface area contributed by atoms with Gasteiger partial charge in [0, 0.05) is 38.1 Å². The van der Waals surface area contributed by atoms with Crippen LogP contribution >= 0.6 is 0 Å². The van der Waals surface area contributed by atoms with Crippen molar-refractivity contribution in [3.05, 3.63) is 0 Å². The number of hydrogen-bond donors (Lipinski definition) is 1. The number of likely N-dealkylation sites (tertiary alicyclic amines) is 2. The number of sulfonamides is 1. The fraction of sp³-hybridized carbons (Fsp3) is 0.889. The maximum atomic E-state index is 13.0. The zero-order valence-electron chi connectivity index (χ0n) is 16.5. The van der Waals surface area contributed by atoms with Gasteiger partial charge < -0.3 is 9.80 Å². The van der Waals surface area contributed by atoms with Crippen molar-refractivity contribution in [2.24, 2.45) is 17.3 Å². The molecule has 0 bridgehead atoms. The number of nitrogens with zero attached hydrogens (tertiary/aromatic N) is 2. The smallest absolute Gasteiger partial charge is 0.227 e. The molecular weight excluding hydrogens is 354 g/mol. The van der Waals surface area contributed by atoms with Gasteiger partial charge in [-0.25, -0.2) is 13.1 Å². The topological polar surface area (TPSA) is 86.8 Å². The van der Waals surface area contributed by atoms with Gasteiger partial charge in [0.2, 0.25) is 21.8 Å². The van der Waals surface area contributed by atoms with Crippen molar-refractivity contribution in [1.82, 2.24) is 14.5 Å². The van der Waals surface area contributed by atoms with Crippen molar-refractivity contribution in [2.45, 2.75) is 46.5 Å². The van der Waals surface area contributed by atoms with Gasteiger partial charge in [-0.05, 0) is 31.6 Å². The summed E-state index contributed by atoms with van der Waals surface area (Å²) in [5.74, 6) is 0.222. The maximum Gasteiger partial charge on any atom is 0.227 e. The standard InChI is InChI=1S/C18H33N3O4S/c1-18(2,3)17(23)21-10-6-8-15(13-21)16(22)20-9-5-7-14(12-20)11-19-26(4,24)25/h14-15,19H,5-13H2,1-4H3. The van der Waals surface area contributed by atoms with Crippen LogP contribution in [0.1, 0.15) is 46.5 Å². The van der Waals surface area contributed by atoms with E-state index >= 15 is 0 Å². The van der Waals surface area contributed by atoms with E-state index in [1.165, 1.54) is 0 Å². The monoisotopic (exact) mass is 387 g/mol. The molecule has 0 aromatic heterocycles. The third-order valence-electron chi connectivity index (χ3n) is 5.16. The third-order valence-corrected chi connectivity index (χ3v) is 5.86. The molecule has 2 aliphatic rings. The summed E-state index contributed by atoms with van der Waals surface area (Å²) in [7, 11) is -3.21. The zero-order valence-corrected chi connectivity index (χ0v) is 17.3. The van der Waals surface area contributed by atoms with Crippen molar-refractivity contribution in [2.75, 3.05) is 39.0 Å². The molecule has 2 atom stereocenters. The van der Waals surface area contributed by atoms with Crippen LogP contribution in [0, 0.1) is 17.3 Å². The second kappa shape index (κ2) is 8.25. The molecule has 0 spiro atoms. The van der Waals surface area contributed by atoms with Crippen molar-refractivity contribution < 1.29 is 18.0 Å². The average molecular weight is 388 g/mol. The van der Waals surface area contributed by atoms with Crippen LogP contribution in [0.2, 0.25) is 0 Å². The molecule has 2 aliphatic heterocycles. The van der Waals surface area contributed by atoms with Crippen LogP contribution in [0.25, 0.3) is 0 Å². The highest BCUT2D eigenvalue weighted by molar-refractivity contribution is 7.88. The molecule has 0 aromatic carbocycles. The molecule has 2 rings (SSSR count). The van der Waals surface area contributed by atoms with Crippen LogP contribution in [-0.4, -0.2) is 69.0 Å². The Balaban J connectivity index is 1.94. The normalized spacial score (nSPS) is 25.2. The highest BCUT2D eigenvalue weighted by Gasteiger charge is 2.36. The van der Waals surface area contributed by atoms with Gasteiger partial charge in [-0.3, -0.25) is 9.59 Å². The van der Waals surface area contributed by atoms with Crippen LogP contribution in [-0.2, 0) is 19.6 Å². The largest absolute Gasteiger partial charge is 0.342 e. The molecule has 8 heteroatoms. The van der Waals surface area contributed by atoms with Gasteiger partial charge >= 0.3 is 0 Å². The third kappa shape index (κ3) is 5.94. The number of carbonyl (C=O) groups excluding carboxylic acids is 2. The number of nitrogens with one attached hydrogen (secondary N) is 1. The summed E-state index contributed by atoms with van der Waals surface area (Å²) < 4.78 is 25.1. The maximum absolute atomic E-state index is 13.0. The second-order valence-corrected chi connectivity index (χ2v) is 10.6. The van der Waals surface area contributed by atoms with E-state index in [1.807, 2.05) is 30.6 Å². The fourth-order valence-corrected chi connectivity index (χ4v) is 4.34. The highest BCUT2D eigenvalue weighted by Crippen LogP contribution is 2.26. The molecule has 2 heterocycles. The van der Waals surface area contributed by atoms with E-state index in [9.17, 15) is 18.0 Å². The lowest BCUT2D eigenvalue weighted by Gasteiger charge is -2.39. The van der Waals surface area contributed by atoms with E-state index in [0.717, 1.165) is 45.0 Å². The van der Waals surface area contributed by atoms with Gasteiger partial charge in [-0.15, -0.1) is 0 Å². The molecule has 150 valence electrons. The molecule has 1 N–H and O–H groups in total. The summed E-state index contributed by atoms with van der Waals surface area (Å²) in [6, 6.07) is 0. The minimum Gasteiger partial charge on any atom is -0.342 e. The van der Waals surface area contributed by atoms with Crippen LogP contribution in [0.4, 0.5) is 0 Å². The molecular formula is C18H33N3O4S. The quantitative estimate of drug-likeness (QED) is 0.781. The number of piperidine rings is 2. The summed E-state index contributed by atoms with van der Waals surface area (Å²) >= 11 is 0. The van der Waals surface area contributed by atoms with E-state index in [1.54, 1.807) is 0 Å². The number of hydrogen-bond acceptors (Lipinski definition) is 4. The summed E-state index contributed by atoms with van der Waals surface area (Å²) in [4.78, 5) is 29.2. The summed E-state index contributed by atoms with van der Waals surface area (Å²) in [5, 5.41) is 0. The van der Waals surface area contributed by atoms with Gasteiger partial charge in [-0.1, -0.05) is 20.8 Å². The van der Waals surface area contributed by atoms with Gasteiger partial charge in [-0.2, -0.15) is 0 Å². The molecule has 26 heavy (non-hydrogen) atoms. The van der Waals surface area contributed by atoms with Gasteiger partial charge in [0.1, 0.15) is 0 Å². The predicted octanol–water partition coefficient (Wildman–Crippen LogP) is 1.06. The lowest BCUT2D eigenvalue weighted by molar-refractivity contribution is -0.146. The van der Waals surface area contributed by atoms with Crippen molar-refractivity contribution in [3.8, 4) is 0 Å². The number of amides is 2. The van der Waals surface area contributed by atoms with Crippen molar-refractivity contribution in [1.29, 1.82) is 0 Å². The van der Waals surface area contributed by atoms with E-state index in [2.05, 4.69) is 4.72 Å². The first-order chi connectivity index (χ1) is 12.0. The van der Waals surface area contributed by atoms with E-state index in [-0.39, 0.29) is 23.7 Å². The Morgan fingerprint density at radius 3 is 2.27 bits per heavy atom. The minimum absolute atomic E-state index is 0.101. The van der Waals surface area contributed by atoms with Crippen LogP contribution in [0.5, 0.6) is 0 Å². The second-order valence-electron chi connectivity index (χ2n) is 8.75. The first kappa shape index (κ1) is 21.2. The van der Waals surface area contributed by atoms with Gasteiger partial charge in [0.25, 0.3) is 0 Å². The summed E-state index contributed by atoms with van der Waals surface area (Å²) in [6.45, 7) is 8.63. The summed E-state index contributed by atoms with van der Waals surface area (Å²) in [6.07, 6.45) is 4.63. The van der Waals surface area contributed by atoms with Crippen molar-refractivity contribution in [3.63, 3.8) is 0 Å². The molecule has 0 radical (unpaired) electrons. The Morgan fingerprint density at radius 1 is 1.04 bits per heavy atom. The Hall–Kier alpha value is -1.15. The lowest BCUT2D eigenvalue weighted by atomic mass is 9.90. The summed E-state index contributed by atoms with van der Waals surface area (Å²) in [5.41, 5.74) is -0.432. The minimum atomic E-state index is -3.21. The molecule has 2 amide bonds. The fourth-order valence-electron chi connectivity index (χ4n) is 3.80. The Morgan fingerprint density at radius 2 is 1.65 bits per heavy atom. The van der Waals surface area contributed by atoms with Crippen LogP contribution in [0.3, 0.4) is 0 Å². The van der Waals surface area contributed by atoms with Gasteiger partial charge in [0.15, 0.2) is 0 Å². The van der Waals surface area contributed by atoms with E-state index in [0.29, 0.717) is 19.6 Å². The number of carbonyl (C=O) groups is 2. The predicted molar refractivity (Wildman–Crippen MR) is 101 cm³/mol. The van der Waals surface area contributed by atoms with Crippen LogP contribution in [0.15, 0.2) is 0 Å². The van der Waals surface area contributed by atoms with E-state index < -0.39 is 15.4 Å². The van der Waals surface area contributed by atoms with Crippen molar-refractivity contribution >= 4 is 21.8 Å². The average Bonchev–Trinajstić information content (AvgIpc) is 2.57. The molecule has 0 aliphatic carbocycles. The molecule has 2 fully saturated rings. The Bertz CT molecular complexity index is 627. The first-order valence-corrected chi connectivity index (χ1v) is 11.4.